The van der Waals surface area contributed by atoms with Crippen molar-refractivity contribution in [2.24, 2.45) is 5.92 Å². The van der Waals surface area contributed by atoms with Crippen LogP contribution in [0.2, 0.25) is 10.0 Å². The predicted octanol–water partition coefficient (Wildman–Crippen LogP) is 6.59. The lowest BCUT2D eigenvalue weighted by molar-refractivity contribution is 0.0580. The minimum absolute atomic E-state index is 0.0559. The van der Waals surface area contributed by atoms with Crippen LogP contribution in [0, 0.1) is 5.92 Å². The van der Waals surface area contributed by atoms with Gasteiger partial charge in [-0.3, -0.25) is 9.78 Å². The highest BCUT2D eigenvalue weighted by atomic mass is 79.9. The molecule has 0 saturated carbocycles. The number of amides is 1. The van der Waals surface area contributed by atoms with E-state index in [0.29, 0.717) is 24.4 Å². The van der Waals surface area contributed by atoms with Gasteiger partial charge in [-0.2, -0.15) is 0 Å². The Labute approximate surface area is 230 Å². The highest BCUT2D eigenvalue weighted by Gasteiger charge is 2.31. The summed E-state index contributed by atoms with van der Waals surface area (Å²) in [5.41, 5.74) is 1.43. The molecule has 1 aliphatic heterocycles. The maximum Gasteiger partial charge on any atom is 0.254 e. The van der Waals surface area contributed by atoms with Gasteiger partial charge in [0, 0.05) is 47.6 Å². The van der Waals surface area contributed by atoms with Crippen LogP contribution in [0.25, 0.3) is 0 Å². The van der Waals surface area contributed by atoms with Gasteiger partial charge in [0.05, 0.1) is 15.6 Å². The summed E-state index contributed by atoms with van der Waals surface area (Å²) in [7, 11) is 0. The Bertz CT molecular complexity index is 1120. The number of aromatic nitrogens is 2. The van der Waals surface area contributed by atoms with Crippen LogP contribution in [0.1, 0.15) is 48.2 Å². The number of likely N-dealkylation sites (tertiary alicyclic amines) is 1. The summed E-state index contributed by atoms with van der Waals surface area (Å²) in [4.78, 5) is 23.3. The average molecular weight is 592 g/mol. The SMILES string of the molecule is CC(CCNC(=O)c1c(Cl)cncc1Cl)N1CCC(C(Oc2ccccn2)c2ccc(Br)cc2)CC1. The molecular formula is C27H29BrCl2N4O2. The molecule has 0 radical (unpaired) electrons. The van der Waals surface area contributed by atoms with Gasteiger partial charge in [-0.05, 0) is 63.0 Å². The summed E-state index contributed by atoms with van der Waals surface area (Å²) in [6.07, 6.45) is 7.42. The van der Waals surface area contributed by atoms with Crippen LogP contribution in [-0.4, -0.2) is 46.5 Å². The van der Waals surface area contributed by atoms with Crippen molar-refractivity contribution in [3.8, 4) is 5.88 Å². The predicted molar refractivity (Wildman–Crippen MR) is 147 cm³/mol. The van der Waals surface area contributed by atoms with Gasteiger partial charge in [-0.25, -0.2) is 4.98 Å². The Morgan fingerprint density at radius 3 is 2.47 bits per heavy atom. The molecule has 3 heterocycles. The van der Waals surface area contributed by atoms with E-state index in [2.05, 4.69) is 67.3 Å². The summed E-state index contributed by atoms with van der Waals surface area (Å²) in [5, 5.41) is 3.44. The number of benzene rings is 1. The molecule has 0 aliphatic carbocycles. The van der Waals surface area contributed by atoms with Crippen molar-refractivity contribution < 1.29 is 9.53 Å². The lowest BCUT2D eigenvalue weighted by Crippen LogP contribution is -2.43. The lowest BCUT2D eigenvalue weighted by Gasteiger charge is -2.39. The third kappa shape index (κ3) is 6.97. The van der Waals surface area contributed by atoms with E-state index in [1.807, 2.05) is 18.2 Å². The zero-order chi connectivity index (χ0) is 25.5. The molecule has 4 rings (SSSR count). The fourth-order valence-corrected chi connectivity index (χ4v) is 5.39. The van der Waals surface area contributed by atoms with E-state index >= 15 is 0 Å². The molecule has 2 atom stereocenters. The topological polar surface area (TPSA) is 67.4 Å². The Morgan fingerprint density at radius 1 is 1.14 bits per heavy atom. The molecular weight excluding hydrogens is 563 g/mol. The molecule has 1 aliphatic rings. The second-order valence-electron chi connectivity index (χ2n) is 9.00. The number of rotatable bonds is 9. The van der Waals surface area contributed by atoms with Crippen molar-refractivity contribution >= 4 is 45.0 Å². The van der Waals surface area contributed by atoms with E-state index in [-0.39, 0.29) is 27.6 Å². The van der Waals surface area contributed by atoms with Crippen molar-refractivity contribution in [1.29, 1.82) is 0 Å². The highest BCUT2D eigenvalue weighted by Crippen LogP contribution is 2.35. The fraction of sp³-hybridized carbons (Fsp3) is 0.370. The van der Waals surface area contributed by atoms with E-state index in [4.69, 9.17) is 27.9 Å². The van der Waals surface area contributed by atoms with Crippen molar-refractivity contribution in [3.63, 3.8) is 0 Å². The first kappa shape index (κ1) is 26.9. The van der Waals surface area contributed by atoms with Crippen LogP contribution in [0.3, 0.4) is 0 Å². The molecule has 1 saturated heterocycles. The molecule has 0 bridgehead atoms. The number of carbonyl (C=O) groups excluding carboxylic acids is 1. The van der Waals surface area contributed by atoms with Crippen molar-refractivity contribution in [2.45, 2.75) is 38.3 Å². The summed E-state index contributed by atoms with van der Waals surface area (Å²) >= 11 is 15.7. The zero-order valence-corrected chi connectivity index (χ0v) is 23.1. The van der Waals surface area contributed by atoms with Crippen LogP contribution in [-0.2, 0) is 0 Å². The van der Waals surface area contributed by atoms with E-state index < -0.39 is 0 Å². The number of halogens is 3. The van der Waals surface area contributed by atoms with Gasteiger partial charge in [0.25, 0.3) is 5.91 Å². The molecule has 9 heteroatoms. The van der Waals surface area contributed by atoms with Crippen molar-refractivity contribution in [1.82, 2.24) is 20.2 Å². The van der Waals surface area contributed by atoms with Crippen LogP contribution < -0.4 is 10.1 Å². The van der Waals surface area contributed by atoms with E-state index in [0.717, 1.165) is 42.4 Å². The normalized spacial score (nSPS) is 16.3. The molecule has 36 heavy (non-hydrogen) atoms. The van der Waals surface area contributed by atoms with Gasteiger partial charge in [0.15, 0.2) is 0 Å². The first-order valence-corrected chi connectivity index (χ1v) is 13.6. The number of hydrogen-bond donors (Lipinski definition) is 1. The highest BCUT2D eigenvalue weighted by molar-refractivity contribution is 9.10. The molecule has 3 aromatic rings. The van der Waals surface area contributed by atoms with Gasteiger partial charge in [0.1, 0.15) is 6.10 Å². The van der Waals surface area contributed by atoms with Crippen molar-refractivity contribution in [2.75, 3.05) is 19.6 Å². The smallest absolute Gasteiger partial charge is 0.254 e. The number of ether oxygens (including phenoxy) is 1. The third-order valence-corrected chi connectivity index (χ3v) is 7.74. The van der Waals surface area contributed by atoms with Gasteiger partial charge < -0.3 is 15.0 Å². The monoisotopic (exact) mass is 590 g/mol. The van der Waals surface area contributed by atoms with Crippen LogP contribution in [0.4, 0.5) is 0 Å². The number of carbonyl (C=O) groups is 1. The molecule has 1 fully saturated rings. The average Bonchev–Trinajstić information content (AvgIpc) is 2.88. The van der Waals surface area contributed by atoms with Gasteiger partial charge in [-0.15, -0.1) is 0 Å². The minimum atomic E-state index is -0.276. The maximum absolute atomic E-state index is 12.5. The summed E-state index contributed by atoms with van der Waals surface area (Å²) in [5.74, 6) is 0.751. The molecule has 1 amide bonds. The largest absolute Gasteiger partial charge is 0.469 e. The summed E-state index contributed by atoms with van der Waals surface area (Å²) < 4.78 is 7.46. The Morgan fingerprint density at radius 2 is 1.83 bits per heavy atom. The van der Waals surface area contributed by atoms with E-state index in [9.17, 15) is 4.79 Å². The van der Waals surface area contributed by atoms with Crippen LogP contribution >= 0.6 is 39.1 Å². The number of nitrogens with one attached hydrogen (secondary N) is 1. The first-order valence-electron chi connectivity index (χ1n) is 12.1. The number of piperidine rings is 1. The number of nitrogens with zero attached hydrogens (tertiary/aromatic N) is 3. The van der Waals surface area contributed by atoms with E-state index in [1.54, 1.807) is 6.20 Å². The minimum Gasteiger partial charge on any atom is -0.469 e. The second kappa shape index (κ2) is 12.9. The zero-order valence-electron chi connectivity index (χ0n) is 20.0. The second-order valence-corrected chi connectivity index (χ2v) is 10.7. The molecule has 6 nitrogen and oxygen atoms in total. The molecule has 0 spiro atoms. The van der Waals surface area contributed by atoms with Gasteiger partial charge >= 0.3 is 0 Å². The fourth-order valence-electron chi connectivity index (χ4n) is 4.59. The molecule has 2 aromatic heterocycles. The quantitative estimate of drug-likeness (QED) is 0.304. The molecule has 2 unspecified atom stereocenters. The van der Waals surface area contributed by atoms with E-state index in [1.165, 1.54) is 12.4 Å². The standard InChI is InChI=1S/C27H29BrCl2N4O2/c1-18(9-13-33-27(35)25-22(29)16-31-17-23(25)30)34-14-10-20(11-15-34)26(19-5-7-21(28)8-6-19)36-24-4-2-3-12-32-24/h2-8,12,16-18,20,26H,9-11,13-15H2,1H3,(H,33,35). The number of pyridine rings is 2. The van der Waals surface area contributed by atoms with Gasteiger partial charge in [0.2, 0.25) is 5.88 Å². The summed E-state index contributed by atoms with van der Waals surface area (Å²) in [6, 6.07) is 14.4. The molecule has 1 aromatic carbocycles. The van der Waals surface area contributed by atoms with Crippen LogP contribution in [0.5, 0.6) is 5.88 Å². The van der Waals surface area contributed by atoms with Crippen molar-refractivity contribution in [3.05, 3.63) is 86.7 Å². The van der Waals surface area contributed by atoms with Crippen LogP contribution in [0.15, 0.2) is 65.5 Å². The molecule has 1 N–H and O–H groups in total. The van der Waals surface area contributed by atoms with Gasteiger partial charge in [-0.1, -0.05) is 57.3 Å². The Balaban J connectivity index is 1.31. The first-order chi connectivity index (χ1) is 17.4. The third-order valence-electron chi connectivity index (χ3n) is 6.64. The Hall–Kier alpha value is -2.19. The summed E-state index contributed by atoms with van der Waals surface area (Å²) in [6.45, 7) is 4.69. The lowest BCUT2D eigenvalue weighted by atomic mass is 9.86. The maximum atomic E-state index is 12.5. The molecule has 190 valence electrons. The number of hydrogen-bond acceptors (Lipinski definition) is 5. The Kier molecular flexibility index (Phi) is 9.60.